The van der Waals surface area contributed by atoms with Gasteiger partial charge in [-0.2, -0.15) is 0 Å². The molecule has 0 aliphatic carbocycles. The van der Waals surface area contributed by atoms with Crippen LogP contribution in [0.5, 0.6) is 5.75 Å². The van der Waals surface area contributed by atoms with E-state index in [9.17, 15) is 22.8 Å². The quantitative estimate of drug-likeness (QED) is 0.846. The fourth-order valence-corrected chi connectivity index (χ4v) is 1.17. The first-order valence-corrected chi connectivity index (χ1v) is 4.39. The van der Waals surface area contributed by atoms with Gasteiger partial charge < -0.3 is 14.8 Å². The molecule has 0 fully saturated rings. The number of hydrogen-bond acceptors (Lipinski definition) is 3. The molecular weight excluding hydrogens is 243 g/mol. The maximum absolute atomic E-state index is 12.0. The molecule has 2 N–H and O–H groups in total. The van der Waals surface area contributed by atoms with Crippen molar-refractivity contribution in [2.24, 2.45) is 0 Å². The Hall–Kier alpha value is -1.99. The highest BCUT2D eigenvalue weighted by atomic mass is 19.4. The molecule has 0 unspecified atom stereocenters. The number of alkyl halides is 3. The predicted molar refractivity (Wildman–Crippen MR) is 49.8 cm³/mol. The first-order chi connectivity index (χ1) is 7.69. The minimum Gasteiger partial charge on any atom is -0.481 e. The number of rotatable bonds is 3. The third kappa shape index (κ3) is 3.82. The lowest BCUT2D eigenvalue weighted by atomic mass is 10.2. The fraction of sp³-hybridized carbons (Fsp3) is 0.333. The van der Waals surface area contributed by atoms with Crippen LogP contribution in [-0.4, -0.2) is 22.4 Å². The number of carbonyl (C=O) groups is 1. The molecule has 0 saturated heterocycles. The summed E-state index contributed by atoms with van der Waals surface area (Å²) in [5.41, 5.74) is -1.18. The van der Waals surface area contributed by atoms with E-state index in [0.29, 0.717) is 0 Å². The summed E-state index contributed by atoms with van der Waals surface area (Å²) in [6.07, 6.45) is -5.58. The largest absolute Gasteiger partial charge is 0.573 e. The number of H-pyrrole nitrogens is 1. The van der Waals surface area contributed by atoms with Crippen LogP contribution in [0, 0.1) is 6.92 Å². The van der Waals surface area contributed by atoms with Gasteiger partial charge >= 0.3 is 12.3 Å². The molecule has 0 bridgehead atoms. The highest BCUT2D eigenvalue weighted by Gasteiger charge is 2.32. The van der Waals surface area contributed by atoms with Crippen molar-refractivity contribution in [2.45, 2.75) is 19.7 Å². The molecule has 94 valence electrons. The van der Waals surface area contributed by atoms with Crippen molar-refractivity contribution in [2.75, 3.05) is 0 Å². The molecule has 1 rings (SSSR count). The molecule has 0 saturated carbocycles. The minimum absolute atomic E-state index is 0.124. The molecule has 17 heavy (non-hydrogen) atoms. The number of aromatic amines is 1. The molecule has 0 atom stereocenters. The van der Waals surface area contributed by atoms with E-state index in [2.05, 4.69) is 9.72 Å². The molecule has 0 spiro atoms. The third-order valence-electron chi connectivity index (χ3n) is 1.83. The van der Waals surface area contributed by atoms with Crippen LogP contribution in [0.4, 0.5) is 13.2 Å². The first-order valence-electron chi connectivity index (χ1n) is 4.39. The minimum atomic E-state index is -4.90. The zero-order valence-corrected chi connectivity index (χ0v) is 8.59. The molecule has 1 aromatic rings. The SMILES string of the molecule is Cc1[nH]c(=O)c(CC(=O)O)cc1OC(F)(F)F. The maximum atomic E-state index is 12.0. The molecular formula is C9H8F3NO4. The van der Waals surface area contributed by atoms with E-state index >= 15 is 0 Å². The highest BCUT2D eigenvalue weighted by molar-refractivity contribution is 5.70. The number of ether oxygens (including phenoxy) is 1. The van der Waals surface area contributed by atoms with Crippen LogP contribution in [0.1, 0.15) is 11.3 Å². The van der Waals surface area contributed by atoms with Gasteiger partial charge in [0.05, 0.1) is 12.1 Å². The maximum Gasteiger partial charge on any atom is 0.573 e. The van der Waals surface area contributed by atoms with E-state index in [1.165, 1.54) is 6.92 Å². The molecule has 0 amide bonds. The number of carboxylic acids is 1. The Kier molecular flexibility index (Phi) is 3.45. The van der Waals surface area contributed by atoms with Gasteiger partial charge in [-0.3, -0.25) is 9.59 Å². The van der Waals surface area contributed by atoms with E-state index in [1.54, 1.807) is 0 Å². The van der Waals surface area contributed by atoms with Crippen LogP contribution >= 0.6 is 0 Å². The molecule has 8 heteroatoms. The Morgan fingerprint density at radius 1 is 1.53 bits per heavy atom. The lowest BCUT2D eigenvalue weighted by Gasteiger charge is -2.11. The van der Waals surface area contributed by atoms with E-state index in [1.807, 2.05) is 0 Å². The number of aromatic nitrogens is 1. The van der Waals surface area contributed by atoms with Crippen LogP contribution in [-0.2, 0) is 11.2 Å². The van der Waals surface area contributed by atoms with Crippen molar-refractivity contribution < 1.29 is 27.8 Å². The van der Waals surface area contributed by atoms with Gasteiger partial charge in [0, 0.05) is 5.56 Å². The number of hydrogen-bond donors (Lipinski definition) is 2. The first kappa shape index (κ1) is 13.1. The average molecular weight is 251 g/mol. The van der Waals surface area contributed by atoms with Gasteiger partial charge in [-0.15, -0.1) is 13.2 Å². The average Bonchev–Trinajstić information content (AvgIpc) is 2.10. The summed E-state index contributed by atoms with van der Waals surface area (Å²) >= 11 is 0. The summed E-state index contributed by atoms with van der Waals surface area (Å²) in [5, 5.41) is 8.47. The van der Waals surface area contributed by atoms with Gasteiger partial charge in [0.15, 0.2) is 0 Å². The zero-order valence-electron chi connectivity index (χ0n) is 8.59. The van der Waals surface area contributed by atoms with Crippen molar-refractivity contribution >= 4 is 5.97 Å². The number of nitrogens with one attached hydrogen (secondary N) is 1. The number of aliphatic carboxylic acids is 1. The monoisotopic (exact) mass is 251 g/mol. The van der Waals surface area contributed by atoms with Gasteiger partial charge in [0.2, 0.25) is 0 Å². The van der Waals surface area contributed by atoms with Gasteiger partial charge in [-0.1, -0.05) is 0 Å². The lowest BCUT2D eigenvalue weighted by molar-refractivity contribution is -0.275. The van der Waals surface area contributed by atoms with Crippen molar-refractivity contribution in [3.05, 3.63) is 27.7 Å². The number of carboxylic acid groups (broad SMARTS) is 1. The number of aryl methyl sites for hydroxylation is 1. The molecule has 0 aliphatic rings. The Morgan fingerprint density at radius 3 is 2.59 bits per heavy atom. The second-order valence-corrected chi connectivity index (χ2v) is 3.23. The van der Waals surface area contributed by atoms with E-state index in [0.717, 1.165) is 6.07 Å². The smallest absolute Gasteiger partial charge is 0.481 e. The van der Waals surface area contributed by atoms with E-state index in [4.69, 9.17) is 5.11 Å². The second kappa shape index (κ2) is 4.48. The standard InChI is InChI=1S/C9H8F3NO4/c1-4-6(17-9(10,11)12)2-5(3-7(14)15)8(16)13-4/h2H,3H2,1H3,(H,13,16)(H,14,15). The van der Waals surface area contributed by atoms with Crippen molar-refractivity contribution in [1.29, 1.82) is 0 Å². The lowest BCUT2D eigenvalue weighted by Crippen LogP contribution is -2.22. The van der Waals surface area contributed by atoms with E-state index in [-0.39, 0.29) is 11.3 Å². The summed E-state index contributed by atoms with van der Waals surface area (Å²) in [4.78, 5) is 23.7. The molecule has 0 aromatic carbocycles. The Balaban J connectivity index is 3.15. The molecule has 0 aliphatic heterocycles. The summed E-state index contributed by atoms with van der Waals surface area (Å²) in [7, 11) is 0. The van der Waals surface area contributed by atoms with Crippen molar-refractivity contribution in [3.8, 4) is 5.75 Å². The fourth-order valence-electron chi connectivity index (χ4n) is 1.17. The Bertz CT molecular complexity index is 492. The second-order valence-electron chi connectivity index (χ2n) is 3.23. The van der Waals surface area contributed by atoms with Crippen LogP contribution in [0.2, 0.25) is 0 Å². The van der Waals surface area contributed by atoms with E-state index < -0.39 is 30.1 Å². The molecule has 5 nitrogen and oxygen atoms in total. The topological polar surface area (TPSA) is 79.4 Å². The van der Waals surface area contributed by atoms with Crippen LogP contribution < -0.4 is 10.3 Å². The van der Waals surface area contributed by atoms with Crippen LogP contribution in [0.15, 0.2) is 10.9 Å². The van der Waals surface area contributed by atoms with Crippen molar-refractivity contribution in [3.63, 3.8) is 0 Å². The van der Waals surface area contributed by atoms with Crippen LogP contribution in [0.3, 0.4) is 0 Å². The van der Waals surface area contributed by atoms with Gasteiger partial charge in [0.25, 0.3) is 5.56 Å². The Morgan fingerprint density at radius 2 is 2.12 bits per heavy atom. The molecule has 1 heterocycles. The van der Waals surface area contributed by atoms with Gasteiger partial charge in [-0.25, -0.2) is 0 Å². The van der Waals surface area contributed by atoms with Crippen LogP contribution in [0.25, 0.3) is 0 Å². The Labute approximate surface area is 92.8 Å². The number of halogens is 3. The molecule has 0 radical (unpaired) electrons. The summed E-state index contributed by atoms with van der Waals surface area (Å²) in [6, 6.07) is 0.774. The van der Waals surface area contributed by atoms with Crippen molar-refractivity contribution in [1.82, 2.24) is 4.98 Å². The summed E-state index contributed by atoms with van der Waals surface area (Å²) < 4.78 is 39.6. The van der Waals surface area contributed by atoms with Gasteiger partial charge in [-0.05, 0) is 13.0 Å². The number of pyridine rings is 1. The highest BCUT2D eigenvalue weighted by Crippen LogP contribution is 2.24. The zero-order chi connectivity index (χ0) is 13.2. The summed E-state index contributed by atoms with van der Waals surface area (Å²) in [5.74, 6) is -1.94. The normalized spacial score (nSPS) is 11.3. The summed E-state index contributed by atoms with van der Waals surface area (Å²) in [6.45, 7) is 1.22. The third-order valence-corrected chi connectivity index (χ3v) is 1.83. The van der Waals surface area contributed by atoms with Gasteiger partial charge in [0.1, 0.15) is 5.75 Å². The molecule has 1 aromatic heterocycles. The predicted octanol–water partition coefficient (Wildman–Crippen LogP) is 1.21.